The lowest BCUT2D eigenvalue weighted by Crippen LogP contribution is -2.38. The van der Waals surface area contributed by atoms with Crippen molar-refractivity contribution in [2.24, 2.45) is 0 Å². The zero-order chi connectivity index (χ0) is 12.2. The number of nitrogens with zero attached hydrogens (tertiary/aromatic N) is 2. The van der Waals surface area contributed by atoms with Crippen molar-refractivity contribution in [1.82, 2.24) is 4.98 Å². The molecule has 0 unspecified atom stereocenters. The van der Waals surface area contributed by atoms with Crippen molar-refractivity contribution in [3.63, 3.8) is 0 Å². The monoisotopic (exact) mass is 224 g/mol. The van der Waals surface area contributed by atoms with Crippen LogP contribution in [0.15, 0.2) is 18.3 Å². The van der Waals surface area contributed by atoms with E-state index in [1.54, 1.807) is 27.2 Å². The highest BCUT2D eigenvalue weighted by molar-refractivity contribution is 5.48. The zero-order valence-electron chi connectivity index (χ0n) is 10.4. The van der Waals surface area contributed by atoms with Crippen molar-refractivity contribution in [2.45, 2.75) is 26.4 Å². The minimum Gasteiger partial charge on any atom is -0.481 e. The van der Waals surface area contributed by atoms with Gasteiger partial charge in [-0.05, 0) is 26.8 Å². The standard InChI is InChI=1S/C12H20N2O2/c1-5-14(9-12(2,3)15)10-6-7-13-11(8-10)16-4/h6-8,15H,5,9H2,1-4H3. The summed E-state index contributed by atoms with van der Waals surface area (Å²) in [5.74, 6) is 0.590. The Kier molecular flexibility index (Phi) is 4.12. The van der Waals surface area contributed by atoms with Crippen LogP contribution < -0.4 is 9.64 Å². The van der Waals surface area contributed by atoms with Gasteiger partial charge in [0.2, 0.25) is 5.88 Å². The first kappa shape index (κ1) is 12.8. The van der Waals surface area contributed by atoms with Crippen LogP contribution in [0.25, 0.3) is 0 Å². The summed E-state index contributed by atoms with van der Waals surface area (Å²) in [5.41, 5.74) is 0.295. The highest BCUT2D eigenvalue weighted by Crippen LogP contribution is 2.20. The summed E-state index contributed by atoms with van der Waals surface area (Å²) in [6, 6.07) is 3.78. The average Bonchev–Trinajstić information content (AvgIpc) is 2.25. The van der Waals surface area contributed by atoms with Crippen LogP contribution in [-0.4, -0.2) is 35.9 Å². The Labute approximate surface area is 96.9 Å². The van der Waals surface area contributed by atoms with Gasteiger partial charge in [0.05, 0.1) is 12.7 Å². The highest BCUT2D eigenvalue weighted by Gasteiger charge is 2.17. The van der Waals surface area contributed by atoms with Crippen LogP contribution in [0.5, 0.6) is 5.88 Å². The van der Waals surface area contributed by atoms with E-state index in [9.17, 15) is 5.11 Å². The Hall–Kier alpha value is -1.29. The van der Waals surface area contributed by atoms with E-state index in [1.165, 1.54) is 0 Å². The van der Waals surface area contributed by atoms with Gasteiger partial charge in [-0.2, -0.15) is 0 Å². The fraction of sp³-hybridized carbons (Fsp3) is 0.583. The second-order valence-corrected chi connectivity index (χ2v) is 4.38. The second kappa shape index (κ2) is 5.16. The summed E-state index contributed by atoms with van der Waals surface area (Å²) in [6.45, 7) is 7.06. The molecule has 0 saturated heterocycles. The van der Waals surface area contributed by atoms with Gasteiger partial charge in [0, 0.05) is 31.0 Å². The molecule has 0 bridgehead atoms. The number of likely N-dealkylation sites (N-methyl/N-ethyl adjacent to an activating group) is 1. The predicted molar refractivity (Wildman–Crippen MR) is 65.0 cm³/mol. The van der Waals surface area contributed by atoms with Crippen molar-refractivity contribution in [2.75, 3.05) is 25.1 Å². The van der Waals surface area contributed by atoms with Gasteiger partial charge in [0.25, 0.3) is 0 Å². The Morgan fingerprint density at radius 1 is 1.50 bits per heavy atom. The van der Waals surface area contributed by atoms with E-state index in [-0.39, 0.29) is 0 Å². The van der Waals surface area contributed by atoms with E-state index < -0.39 is 5.60 Å². The highest BCUT2D eigenvalue weighted by atomic mass is 16.5. The minimum absolute atomic E-state index is 0.580. The van der Waals surface area contributed by atoms with Gasteiger partial charge in [-0.15, -0.1) is 0 Å². The summed E-state index contributed by atoms with van der Waals surface area (Å²) >= 11 is 0. The van der Waals surface area contributed by atoms with Gasteiger partial charge in [0.15, 0.2) is 0 Å². The molecule has 0 aliphatic carbocycles. The topological polar surface area (TPSA) is 45.6 Å². The van der Waals surface area contributed by atoms with Crippen molar-refractivity contribution < 1.29 is 9.84 Å². The maximum Gasteiger partial charge on any atom is 0.214 e. The fourth-order valence-corrected chi connectivity index (χ4v) is 1.56. The van der Waals surface area contributed by atoms with E-state index in [0.717, 1.165) is 12.2 Å². The summed E-state index contributed by atoms with van der Waals surface area (Å²) in [6.07, 6.45) is 1.71. The van der Waals surface area contributed by atoms with Gasteiger partial charge in [-0.3, -0.25) is 0 Å². The average molecular weight is 224 g/mol. The normalized spacial score (nSPS) is 11.3. The molecule has 0 aromatic carbocycles. The van der Waals surface area contributed by atoms with E-state index in [4.69, 9.17) is 4.74 Å². The smallest absolute Gasteiger partial charge is 0.214 e. The zero-order valence-corrected chi connectivity index (χ0v) is 10.4. The number of hydrogen-bond acceptors (Lipinski definition) is 4. The summed E-state index contributed by atoms with van der Waals surface area (Å²) in [4.78, 5) is 6.15. The van der Waals surface area contributed by atoms with Crippen LogP contribution >= 0.6 is 0 Å². The number of aromatic nitrogens is 1. The van der Waals surface area contributed by atoms with Crippen LogP contribution in [0.3, 0.4) is 0 Å². The summed E-state index contributed by atoms with van der Waals surface area (Å²) < 4.78 is 5.08. The molecule has 1 N–H and O–H groups in total. The quantitative estimate of drug-likeness (QED) is 0.826. The molecule has 0 spiro atoms. The molecule has 0 atom stereocenters. The number of aliphatic hydroxyl groups is 1. The molecule has 90 valence electrons. The molecule has 0 saturated carbocycles. The molecule has 1 heterocycles. The lowest BCUT2D eigenvalue weighted by Gasteiger charge is -2.29. The number of pyridine rings is 1. The first-order valence-corrected chi connectivity index (χ1v) is 5.43. The van der Waals surface area contributed by atoms with Crippen LogP contribution in [0.1, 0.15) is 20.8 Å². The van der Waals surface area contributed by atoms with Crippen LogP contribution in [0, 0.1) is 0 Å². The molecular formula is C12H20N2O2. The lowest BCUT2D eigenvalue weighted by molar-refractivity contribution is 0.0876. The number of anilines is 1. The molecule has 16 heavy (non-hydrogen) atoms. The number of ether oxygens (including phenoxy) is 1. The third kappa shape index (κ3) is 3.70. The SMILES string of the molecule is CCN(CC(C)(C)O)c1ccnc(OC)c1. The number of methoxy groups -OCH3 is 1. The van der Waals surface area contributed by atoms with Gasteiger partial charge < -0.3 is 14.7 Å². The van der Waals surface area contributed by atoms with Crippen LogP contribution in [0.4, 0.5) is 5.69 Å². The molecular weight excluding hydrogens is 204 g/mol. The molecule has 1 rings (SSSR count). The molecule has 0 amide bonds. The van der Waals surface area contributed by atoms with E-state index in [2.05, 4.69) is 16.8 Å². The van der Waals surface area contributed by atoms with E-state index in [1.807, 2.05) is 12.1 Å². The first-order valence-electron chi connectivity index (χ1n) is 5.43. The van der Waals surface area contributed by atoms with E-state index in [0.29, 0.717) is 12.4 Å². The van der Waals surface area contributed by atoms with Crippen molar-refractivity contribution in [1.29, 1.82) is 0 Å². The number of rotatable bonds is 5. The van der Waals surface area contributed by atoms with Crippen molar-refractivity contribution >= 4 is 5.69 Å². The Bertz CT molecular complexity index is 334. The Morgan fingerprint density at radius 2 is 2.19 bits per heavy atom. The van der Waals surface area contributed by atoms with E-state index >= 15 is 0 Å². The minimum atomic E-state index is -0.716. The summed E-state index contributed by atoms with van der Waals surface area (Å²) in [7, 11) is 1.60. The molecule has 4 nitrogen and oxygen atoms in total. The van der Waals surface area contributed by atoms with Crippen molar-refractivity contribution in [3.05, 3.63) is 18.3 Å². The maximum atomic E-state index is 9.82. The van der Waals surface area contributed by atoms with Gasteiger partial charge in [-0.25, -0.2) is 4.98 Å². The largest absolute Gasteiger partial charge is 0.481 e. The van der Waals surface area contributed by atoms with Crippen LogP contribution in [-0.2, 0) is 0 Å². The van der Waals surface area contributed by atoms with Crippen LogP contribution in [0.2, 0.25) is 0 Å². The van der Waals surface area contributed by atoms with Gasteiger partial charge in [-0.1, -0.05) is 0 Å². The van der Waals surface area contributed by atoms with Gasteiger partial charge >= 0.3 is 0 Å². The first-order chi connectivity index (χ1) is 7.46. The molecule has 4 heteroatoms. The third-order valence-corrected chi connectivity index (χ3v) is 2.25. The maximum absolute atomic E-state index is 9.82. The van der Waals surface area contributed by atoms with Crippen molar-refractivity contribution in [3.8, 4) is 5.88 Å². The lowest BCUT2D eigenvalue weighted by atomic mass is 10.1. The molecule has 0 radical (unpaired) electrons. The Morgan fingerprint density at radius 3 is 2.69 bits per heavy atom. The van der Waals surface area contributed by atoms with Gasteiger partial charge in [0.1, 0.15) is 0 Å². The molecule has 0 fully saturated rings. The third-order valence-electron chi connectivity index (χ3n) is 2.25. The Balaban J connectivity index is 2.86. The molecule has 1 aromatic heterocycles. The summed E-state index contributed by atoms with van der Waals surface area (Å²) in [5, 5.41) is 9.82. The predicted octanol–water partition coefficient (Wildman–Crippen LogP) is 1.69. The second-order valence-electron chi connectivity index (χ2n) is 4.38. The number of hydrogen-bond donors (Lipinski definition) is 1. The molecule has 0 aliphatic heterocycles. The molecule has 0 aliphatic rings. The fourth-order valence-electron chi connectivity index (χ4n) is 1.56. The molecule has 1 aromatic rings.